The molecule has 0 fully saturated rings. The third kappa shape index (κ3) is 3.81. The second-order valence-corrected chi connectivity index (χ2v) is 4.01. The van der Waals surface area contributed by atoms with Crippen LogP contribution in [0.1, 0.15) is 12.5 Å². The molecule has 1 aromatic carbocycles. The summed E-state index contributed by atoms with van der Waals surface area (Å²) in [5.74, 6) is -0.0169. The minimum absolute atomic E-state index is 0.0122. The number of hydrogen-bond acceptors (Lipinski definition) is 5. The van der Waals surface area contributed by atoms with Crippen molar-refractivity contribution < 1.29 is 27.2 Å². The first-order valence-electron chi connectivity index (χ1n) is 5.52. The van der Waals surface area contributed by atoms with Crippen LogP contribution in [0, 0.1) is 0 Å². The number of benzene rings is 1. The topological polar surface area (TPSA) is 65.2 Å². The number of ketones is 1. The maximum atomic E-state index is 11.9. The third-order valence-corrected chi connectivity index (χ3v) is 2.28. The summed E-state index contributed by atoms with van der Waals surface area (Å²) in [7, 11) is 0. The summed E-state index contributed by atoms with van der Waals surface area (Å²) in [6.45, 7) is 1.47. The van der Waals surface area contributed by atoms with E-state index in [-0.39, 0.29) is 18.0 Å². The SMILES string of the molecule is CC(=O)Cc1ccc(-c2noc(OC(F)(F)F)n2)cc1. The van der Waals surface area contributed by atoms with E-state index in [0.717, 1.165) is 5.56 Å². The Bertz CT molecular complexity index is 605. The number of alkyl halides is 3. The molecule has 0 unspecified atom stereocenters. The summed E-state index contributed by atoms with van der Waals surface area (Å²) < 4.78 is 43.7. The number of carbonyl (C=O) groups excluding carboxylic acids is 1. The quantitative estimate of drug-likeness (QED) is 0.864. The largest absolute Gasteiger partial charge is 0.576 e. The van der Waals surface area contributed by atoms with Crippen LogP contribution in [0.2, 0.25) is 0 Å². The Morgan fingerprint density at radius 2 is 1.95 bits per heavy atom. The van der Waals surface area contributed by atoms with Gasteiger partial charge in [-0.2, -0.15) is 4.98 Å². The number of Topliss-reactive ketones (excluding diaryl/α,β-unsaturated/α-hetero) is 1. The molecule has 1 heterocycles. The van der Waals surface area contributed by atoms with Crippen molar-refractivity contribution in [1.82, 2.24) is 10.1 Å². The van der Waals surface area contributed by atoms with Crippen LogP contribution in [0.4, 0.5) is 13.2 Å². The molecular weight excluding hydrogens is 277 g/mol. The van der Waals surface area contributed by atoms with E-state index in [2.05, 4.69) is 19.4 Å². The fourth-order valence-corrected chi connectivity index (χ4v) is 1.53. The zero-order valence-electron chi connectivity index (χ0n) is 10.3. The van der Waals surface area contributed by atoms with Crippen molar-refractivity contribution in [3.05, 3.63) is 29.8 Å². The lowest BCUT2D eigenvalue weighted by atomic mass is 10.1. The Morgan fingerprint density at radius 3 is 2.50 bits per heavy atom. The minimum Gasteiger partial charge on any atom is -0.355 e. The number of ether oxygens (including phenoxy) is 1. The second kappa shape index (κ2) is 5.32. The van der Waals surface area contributed by atoms with Crippen LogP contribution in [0.15, 0.2) is 28.8 Å². The zero-order valence-corrected chi connectivity index (χ0v) is 10.3. The smallest absolute Gasteiger partial charge is 0.355 e. The molecule has 5 nitrogen and oxygen atoms in total. The van der Waals surface area contributed by atoms with Crippen LogP contribution in [-0.4, -0.2) is 22.3 Å². The Kier molecular flexibility index (Phi) is 3.73. The van der Waals surface area contributed by atoms with E-state index >= 15 is 0 Å². The van der Waals surface area contributed by atoms with Crippen LogP contribution < -0.4 is 4.74 Å². The molecule has 20 heavy (non-hydrogen) atoms. The Hall–Kier alpha value is -2.38. The summed E-state index contributed by atoms with van der Waals surface area (Å²) in [6.07, 6.45) is -5.57. The molecule has 0 N–H and O–H groups in total. The molecule has 0 atom stereocenters. The first-order chi connectivity index (χ1) is 9.33. The molecule has 0 saturated heterocycles. The Labute approximate surface area is 111 Å². The summed E-state index contributed by atoms with van der Waals surface area (Å²) in [5, 5.41) is 3.38. The maximum absolute atomic E-state index is 11.9. The molecule has 0 aliphatic rings. The Balaban J connectivity index is 2.14. The fraction of sp³-hybridized carbons (Fsp3) is 0.250. The van der Waals surface area contributed by atoms with E-state index in [0.29, 0.717) is 5.56 Å². The first kappa shape index (κ1) is 14.0. The number of carbonyl (C=O) groups is 1. The van der Waals surface area contributed by atoms with Gasteiger partial charge >= 0.3 is 12.4 Å². The lowest BCUT2D eigenvalue weighted by Crippen LogP contribution is -2.17. The van der Waals surface area contributed by atoms with E-state index in [1.807, 2.05) is 0 Å². The number of nitrogens with zero attached hydrogens (tertiary/aromatic N) is 2. The molecule has 8 heteroatoms. The molecule has 106 valence electrons. The van der Waals surface area contributed by atoms with Crippen LogP contribution in [-0.2, 0) is 11.2 Å². The van der Waals surface area contributed by atoms with Crippen molar-refractivity contribution in [3.63, 3.8) is 0 Å². The third-order valence-electron chi connectivity index (χ3n) is 2.28. The predicted octanol–water partition coefficient (Wildman–Crippen LogP) is 2.77. The highest BCUT2D eigenvalue weighted by atomic mass is 19.4. The molecule has 1 aromatic heterocycles. The molecule has 2 aromatic rings. The van der Waals surface area contributed by atoms with Crippen molar-refractivity contribution in [2.75, 3.05) is 0 Å². The summed E-state index contributed by atoms with van der Waals surface area (Å²) in [4.78, 5) is 14.4. The van der Waals surface area contributed by atoms with Crippen molar-refractivity contribution in [2.24, 2.45) is 0 Å². The van der Waals surface area contributed by atoms with Crippen molar-refractivity contribution in [1.29, 1.82) is 0 Å². The Morgan fingerprint density at radius 1 is 1.30 bits per heavy atom. The van der Waals surface area contributed by atoms with Crippen LogP contribution >= 0.6 is 0 Å². The molecular formula is C12H9F3N2O3. The van der Waals surface area contributed by atoms with Gasteiger partial charge in [0.2, 0.25) is 5.82 Å². The average molecular weight is 286 g/mol. The van der Waals surface area contributed by atoms with E-state index in [9.17, 15) is 18.0 Å². The van der Waals surface area contributed by atoms with Gasteiger partial charge in [-0.3, -0.25) is 9.32 Å². The van der Waals surface area contributed by atoms with Gasteiger partial charge in [-0.15, -0.1) is 13.2 Å². The fourth-order valence-electron chi connectivity index (χ4n) is 1.53. The zero-order chi connectivity index (χ0) is 14.8. The predicted molar refractivity (Wildman–Crippen MR) is 60.8 cm³/mol. The highest BCUT2D eigenvalue weighted by molar-refractivity contribution is 5.78. The molecule has 2 rings (SSSR count). The van der Waals surface area contributed by atoms with Crippen LogP contribution in [0.5, 0.6) is 6.08 Å². The minimum atomic E-state index is -4.88. The summed E-state index contributed by atoms with van der Waals surface area (Å²) in [6, 6.07) is 6.50. The molecule has 0 bridgehead atoms. The lowest BCUT2D eigenvalue weighted by molar-refractivity contribution is -0.283. The van der Waals surface area contributed by atoms with Gasteiger partial charge in [0, 0.05) is 12.0 Å². The van der Waals surface area contributed by atoms with Gasteiger partial charge in [0.05, 0.1) is 0 Å². The van der Waals surface area contributed by atoms with Crippen molar-refractivity contribution >= 4 is 5.78 Å². The van der Waals surface area contributed by atoms with Gasteiger partial charge in [-0.25, -0.2) is 0 Å². The second-order valence-electron chi connectivity index (χ2n) is 4.01. The molecule has 0 radical (unpaired) electrons. The highest BCUT2D eigenvalue weighted by Crippen LogP contribution is 2.24. The molecule has 0 aliphatic heterocycles. The highest BCUT2D eigenvalue weighted by Gasteiger charge is 2.34. The van der Waals surface area contributed by atoms with Gasteiger partial charge in [-0.05, 0) is 12.5 Å². The first-order valence-corrected chi connectivity index (χ1v) is 5.52. The maximum Gasteiger partial charge on any atom is 0.576 e. The van der Waals surface area contributed by atoms with Gasteiger partial charge in [0.1, 0.15) is 5.78 Å². The standard InChI is InChI=1S/C12H9F3N2O3/c1-7(18)6-8-2-4-9(5-3-8)10-16-11(20-17-10)19-12(13,14)15/h2-5H,6H2,1H3. The van der Waals surface area contributed by atoms with Gasteiger partial charge in [0.15, 0.2) is 0 Å². The normalized spacial score (nSPS) is 11.4. The number of hydrogen-bond donors (Lipinski definition) is 0. The van der Waals surface area contributed by atoms with Crippen molar-refractivity contribution in [3.8, 4) is 17.5 Å². The van der Waals surface area contributed by atoms with E-state index in [4.69, 9.17) is 0 Å². The van der Waals surface area contributed by atoms with Gasteiger partial charge in [0.25, 0.3) is 0 Å². The van der Waals surface area contributed by atoms with E-state index in [1.54, 1.807) is 24.3 Å². The van der Waals surface area contributed by atoms with Crippen LogP contribution in [0.25, 0.3) is 11.4 Å². The number of aromatic nitrogens is 2. The summed E-state index contributed by atoms with van der Waals surface area (Å²) >= 11 is 0. The van der Waals surface area contributed by atoms with Gasteiger partial charge < -0.3 is 4.74 Å². The molecule has 0 saturated carbocycles. The monoisotopic (exact) mass is 286 g/mol. The molecule has 0 aliphatic carbocycles. The lowest BCUT2D eigenvalue weighted by Gasteiger charge is -2.01. The average Bonchev–Trinajstić information content (AvgIpc) is 2.75. The molecule has 0 spiro atoms. The van der Waals surface area contributed by atoms with E-state index in [1.165, 1.54) is 6.92 Å². The van der Waals surface area contributed by atoms with E-state index < -0.39 is 12.4 Å². The van der Waals surface area contributed by atoms with Gasteiger partial charge in [-0.1, -0.05) is 29.4 Å². The number of halogens is 3. The summed E-state index contributed by atoms with van der Waals surface area (Å²) in [5.41, 5.74) is 1.24. The van der Waals surface area contributed by atoms with Crippen molar-refractivity contribution in [2.45, 2.75) is 19.7 Å². The number of rotatable bonds is 4. The molecule has 0 amide bonds. The van der Waals surface area contributed by atoms with Crippen LogP contribution in [0.3, 0.4) is 0 Å².